The first kappa shape index (κ1) is 17.0. The van der Waals surface area contributed by atoms with Crippen LogP contribution in [0.25, 0.3) is 0 Å². The van der Waals surface area contributed by atoms with E-state index in [0.29, 0.717) is 5.56 Å². The summed E-state index contributed by atoms with van der Waals surface area (Å²) >= 11 is 0. The molecule has 1 aliphatic rings. The van der Waals surface area contributed by atoms with Gasteiger partial charge in [0.25, 0.3) is 0 Å². The van der Waals surface area contributed by atoms with Gasteiger partial charge in [0.1, 0.15) is 0 Å². The van der Waals surface area contributed by atoms with E-state index < -0.39 is 0 Å². The van der Waals surface area contributed by atoms with E-state index in [1.807, 2.05) is 18.2 Å². The maximum Gasteiger partial charge on any atom is 0.0991 e. The number of nitriles is 1. The number of ether oxygens (including phenoxy) is 1. The summed E-state index contributed by atoms with van der Waals surface area (Å²) in [5.41, 5.74) is 1.89. The molecule has 1 saturated heterocycles. The van der Waals surface area contributed by atoms with E-state index in [0.717, 1.165) is 51.9 Å². The largest absolute Gasteiger partial charge is 0.396 e. The zero-order valence-electron chi connectivity index (χ0n) is 13.4. The third-order valence-corrected chi connectivity index (χ3v) is 4.59. The minimum absolute atomic E-state index is 0.00359. The number of likely N-dealkylation sites (tertiary alicyclic amines) is 1. The standard InChI is InChI=1S/C18H26N2O2/c1-22-10-4-8-18(15-21)7-3-9-20(14-18)13-17-6-2-5-16(11-17)12-19/h2,5-6,11,21H,3-4,7-10,13-15H2,1H3/t18-/m1/s1. The van der Waals surface area contributed by atoms with Crippen molar-refractivity contribution in [3.05, 3.63) is 35.4 Å². The predicted octanol–water partition coefficient (Wildman–Crippen LogP) is 2.56. The third-order valence-electron chi connectivity index (χ3n) is 4.59. The van der Waals surface area contributed by atoms with Crippen molar-refractivity contribution in [1.29, 1.82) is 5.26 Å². The Morgan fingerprint density at radius 2 is 2.32 bits per heavy atom. The molecule has 120 valence electrons. The Bertz CT molecular complexity index is 512. The Morgan fingerprint density at radius 1 is 1.45 bits per heavy atom. The molecular weight excluding hydrogens is 276 g/mol. The third kappa shape index (κ3) is 4.54. The van der Waals surface area contributed by atoms with Crippen LogP contribution >= 0.6 is 0 Å². The fraction of sp³-hybridized carbons (Fsp3) is 0.611. The number of rotatable bonds is 7. The van der Waals surface area contributed by atoms with E-state index in [1.54, 1.807) is 7.11 Å². The van der Waals surface area contributed by atoms with Crippen molar-refractivity contribution >= 4 is 0 Å². The van der Waals surface area contributed by atoms with Gasteiger partial charge in [-0.3, -0.25) is 4.90 Å². The topological polar surface area (TPSA) is 56.5 Å². The van der Waals surface area contributed by atoms with E-state index in [4.69, 9.17) is 10.00 Å². The lowest BCUT2D eigenvalue weighted by molar-refractivity contribution is 0.0158. The number of nitrogens with zero attached hydrogens (tertiary/aromatic N) is 2. The summed E-state index contributed by atoms with van der Waals surface area (Å²) in [5.74, 6) is 0. The average Bonchev–Trinajstić information content (AvgIpc) is 2.55. The lowest BCUT2D eigenvalue weighted by atomic mass is 9.77. The molecule has 22 heavy (non-hydrogen) atoms. The van der Waals surface area contributed by atoms with Gasteiger partial charge in [0.05, 0.1) is 11.6 Å². The summed E-state index contributed by atoms with van der Waals surface area (Å²) in [4.78, 5) is 2.41. The zero-order valence-corrected chi connectivity index (χ0v) is 13.4. The molecule has 1 aliphatic heterocycles. The van der Waals surface area contributed by atoms with E-state index in [1.165, 1.54) is 5.56 Å². The smallest absolute Gasteiger partial charge is 0.0991 e. The Hall–Kier alpha value is -1.41. The summed E-state index contributed by atoms with van der Waals surface area (Å²) in [6, 6.07) is 10.00. The van der Waals surface area contributed by atoms with Crippen LogP contribution in [0.5, 0.6) is 0 Å². The van der Waals surface area contributed by atoms with E-state index in [-0.39, 0.29) is 12.0 Å². The maximum atomic E-state index is 9.90. The molecule has 1 heterocycles. The first-order valence-electron chi connectivity index (χ1n) is 8.02. The van der Waals surface area contributed by atoms with Gasteiger partial charge in [0, 0.05) is 38.8 Å². The van der Waals surface area contributed by atoms with Crippen LogP contribution in [0.2, 0.25) is 0 Å². The fourth-order valence-electron chi connectivity index (χ4n) is 3.45. The minimum Gasteiger partial charge on any atom is -0.396 e. The van der Waals surface area contributed by atoms with Crippen molar-refractivity contribution in [2.75, 3.05) is 33.4 Å². The van der Waals surface area contributed by atoms with Crippen LogP contribution in [-0.2, 0) is 11.3 Å². The lowest BCUT2D eigenvalue weighted by Gasteiger charge is -2.42. The highest BCUT2D eigenvalue weighted by Crippen LogP contribution is 2.34. The van der Waals surface area contributed by atoms with Crippen LogP contribution in [0.15, 0.2) is 24.3 Å². The molecule has 4 nitrogen and oxygen atoms in total. The highest BCUT2D eigenvalue weighted by atomic mass is 16.5. The number of methoxy groups -OCH3 is 1. The van der Waals surface area contributed by atoms with E-state index in [9.17, 15) is 5.11 Å². The highest BCUT2D eigenvalue weighted by Gasteiger charge is 2.34. The SMILES string of the molecule is COCCC[C@]1(CO)CCCN(Cc2cccc(C#N)c2)C1. The van der Waals surface area contributed by atoms with Crippen LogP contribution < -0.4 is 0 Å². The van der Waals surface area contributed by atoms with Crippen molar-refractivity contribution in [3.63, 3.8) is 0 Å². The lowest BCUT2D eigenvalue weighted by Crippen LogP contribution is -2.45. The number of hydrogen-bond donors (Lipinski definition) is 1. The van der Waals surface area contributed by atoms with Crippen LogP contribution in [0.3, 0.4) is 0 Å². The van der Waals surface area contributed by atoms with Gasteiger partial charge in [0.2, 0.25) is 0 Å². The summed E-state index contributed by atoms with van der Waals surface area (Å²) in [6.07, 6.45) is 4.20. The number of piperidine rings is 1. The summed E-state index contributed by atoms with van der Waals surface area (Å²) in [7, 11) is 1.72. The zero-order chi connectivity index (χ0) is 15.8. The molecule has 1 aromatic rings. The Balaban J connectivity index is 1.98. The second kappa shape index (κ2) is 8.28. The van der Waals surface area contributed by atoms with Crippen molar-refractivity contribution < 1.29 is 9.84 Å². The van der Waals surface area contributed by atoms with Crippen molar-refractivity contribution in [2.24, 2.45) is 5.41 Å². The second-order valence-corrected chi connectivity index (χ2v) is 6.38. The van der Waals surface area contributed by atoms with Gasteiger partial charge >= 0.3 is 0 Å². The fourth-order valence-corrected chi connectivity index (χ4v) is 3.45. The first-order valence-corrected chi connectivity index (χ1v) is 8.02. The van der Waals surface area contributed by atoms with Gasteiger partial charge in [-0.1, -0.05) is 12.1 Å². The average molecular weight is 302 g/mol. The maximum absolute atomic E-state index is 9.90. The van der Waals surface area contributed by atoms with Gasteiger partial charge in [-0.25, -0.2) is 0 Å². The number of aliphatic hydroxyl groups is 1. The van der Waals surface area contributed by atoms with Gasteiger partial charge in [0.15, 0.2) is 0 Å². The van der Waals surface area contributed by atoms with Crippen LogP contribution in [-0.4, -0.2) is 43.4 Å². The molecule has 0 unspecified atom stereocenters. The molecule has 0 aliphatic carbocycles. The molecule has 4 heteroatoms. The molecule has 1 fully saturated rings. The molecule has 0 spiro atoms. The number of hydrogen-bond acceptors (Lipinski definition) is 4. The molecule has 0 radical (unpaired) electrons. The summed E-state index contributed by atoms with van der Waals surface area (Å²) in [6.45, 7) is 3.83. The quantitative estimate of drug-likeness (QED) is 0.787. The summed E-state index contributed by atoms with van der Waals surface area (Å²) in [5, 5.41) is 18.9. The molecule has 0 amide bonds. The van der Waals surface area contributed by atoms with Crippen molar-refractivity contribution in [1.82, 2.24) is 4.90 Å². The highest BCUT2D eigenvalue weighted by molar-refractivity contribution is 5.32. The summed E-state index contributed by atoms with van der Waals surface area (Å²) < 4.78 is 5.14. The van der Waals surface area contributed by atoms with Crippen molar-refractivity contribution in [3.8, 4) is 6.07 Å². The monoisotopic (exact) mass is 302 g/mol. The van der Waals surface area contributed by atoms with E-state index in [2.05, 4.69) is 17.0 Å². The minimum atomic E-state index is 0.00359. The predicted molar refractivity (Wildman–Crippen MR) is 86.3 cm³/mol. The number of aliphatic hydroxyl groups excluding tert-OH is 1. The Labute approximate surface area is 133 Å². The van der Waals surface area contributed by atoms with Crippen LogP contribution in [0.4, 0.5) is 0 Å². The Kier molecular flexibility index (Phi) is 6.38. The second-order valence-electron chi connectivity index (χ2n) is 6.38. The van der Waals surface area contributed by atoms with Crippen LogP contribution in [0.1, 0.15) is 36.8 Å². The normalized spacial score (nSPS) is 22.4. The molecule has 1 N–H and O–H groups in total. The first-order chi connectivity index (χ1) is 10.7. The molecule has 0 saturated carbocycles. The molecular formula is C18H26N2O2. The van der Waals surface area contributed by atoms with E-state index >= 15 is 0 Å². The molecule has 1 aromatic carbocycles. The van der Waals surface area contributed by atoms with Gasteiger partial charge in [-0.2, -0.15) is 5.26 Å². The number of benzene rings is 1. The molecule has 0 bridgehead atoms. The van der Waals surface area contributed by atoms with Gasteiger partial charge in [-0.15, -0.1) is 0 Å². The molecule has 0 aromatic heterocycles. The van der Waals surface area contributed by atoms with Gasteiger partial charge in [-0.05, 0) is 49.9 Å². The van der Waals surface area contributed by atoms with Crippen molar-refractivity contribution in [2.45, 2.75) is 32.2 Å². The van der Waals surface area contributed by atoms with Gasteiger partial charge < -0.3 is 9.84 Å². The molecule has 1 atom stereocenters. The van der Waals surface area contributed by atoms with Crippen LogP contribution in [0, 0.1) is 16.7 Å². The molecule has 2 rings (SSSR count). The Morgan fingerprint density at radius 3 is 3.05 bits per heavy atom.